The van der Waals surface area contributed by atoms with Gasteiger partial charge in [-0.15, -0.1) is 0 Å². The molecule has 0 saturated carbocycles. The summed E-state index contributed by atoms with van der Waals surface area (Å²) in [4.78, 5) is 15.7. The molecule has 116 valence electrons. The van der Waals surface area contributed by atoms with Crippen molar-refractivity contribution in [2.75, 3.05) is 13.1 Å². The third-order valence-electron chi connectivity index (χ3n) is 5.07. The van der Waals surface area contributed by atoms with Crippen molar-refractivity contribution in [3.63, 3.8) is 0 Å². The number of rotatable bonds is 3. The lowest BCUT2D eigenvalue weighted by Crippen LogP contribution is -2.22. The molecular weight excluding hydrogens is 282 g/mol. The topological polar surface area (TPSA) is 20.3 Å². The summed E-state index contributed by atoms with van der Waals surface area (Å²) in [6, 6.07) is 18.1. The van der Waals surface area contributed by atoms with Crippen LogP contribution in [0.4, 0.5) is 0 Å². The fourth-order valence-electron chi connectivity index (χ4n) is 3.97. The minimum atomic E-state index is 0.157. The molecule has 0 spiro atoms. The summed E-state index contributed by atoms with van der Waals surface area (Å²) in [6.45, 7) is 4.37. The predicted octanol–water partition coefficient (Wildman–Crippen LogP) is 4.49. The van der Waals surface area contributed by atoms with Crippen LogP contribution in [-0.2, 0) is 0 Å². The molecule has 0 radical (unpaired) electrons. The molecule has 2 nitrogen and oxygen atoms in total. The molecule has 0 bridgehead atoms. The van der Waals surface area contributed by atoms with Gasteiger partial charge in [-0.1, -0.05) is 61.5 Å². The zero-order chi connectivity index (χ0) is 15.8. The molecule has 1 fully saturated rings. The Balaban J connectivity index is 1.88. The van der Waals surface area contributed by atoms with E-state index in [1.165, 1.54) is 24.1 Å². The van der Waals surface area contributed by atoms with Crippen LogP contribution in [0.2, 0.25) is 0 Å². The van der Waals surface area contributed by atoms with Crippen LogP contribution in [0, 0.1) is 0 Å². The summed E-state index contributed by atoms with van der Waals surface area (Å²) in [6.07, 6.45) is 2.44. The summed E-state index contributed by atoms with van der Waals surface area (Å²) < 4.78 is 0. The number of Topliss-reactive ketones (excluding diaryl/α,β-unsaturated/α-hetero) is 1. The summed E-state index contributed by atoms with van der Waals surface area (Å²) in [5, 5.41) is 0. The Morgan fingerprint density at radius 3 is 2.35 bits per heavy atom. The lowest BCUT2D eigenvalue weighted by Gasteiger charge is -2.24. The maximum atomic E-state index is 13.2. The second kappa shape index (κ2) is 5.69. The SMILES string of the molecule is CC1C(N2CCCC2)=C(C(=O)c2ccccc2)c2ccccc21. The highest BCUT2D eigenvalue weighted by atomic mass is 16.1. The van der Waals surface area contributed by atoms with Gasteiger partial charge in [-0.2, -0.15) is 0 Å². The van der Waals surface area contributed by atoms with Gasteiger partial charge < -0.3 is 4.90 Å². The molecular formula is C21H21NO. The zero-order valence-corrected chi connectivity index (χ0v) is 13.5. The van der Waals surface area contributed by atoms with Gasteiger partial charge in [0.05, 0.1) is 0 Å². The van der Waals surface area contributed by atoms with E-state index in [0.717, 1.165) is 29.8 Å². The van der Waals surface area contributed by atoms with Crippen molar-refractivity contribution >= 4 is 11.4 Å². The molecule has 2 heteroatoms. The van der Waals surface area contributed by atoms with Crippen LogP contribution in [0.3, 0.4) is 0 Å². The van der Waals surface area contributed by atoms with Crippen LogP contribution in [0.15, 0.2) is 60.3 Å². The number of ketones is 1. The van der Waals surface area contributed by atoms with E-state index in [-0.39, 0.29) is 5.78 Å². The first-order valence-corrected chi connectivity index (χ1v) is 8.45. The Hall–Kier alpha value is -2.35. The Morgan fingerprint density at radius 2 is 1.61 bits per heavy atom. The van der Waals surface area contributed by atoms with Crippen LogP contribution in [0.1, 0.15) is 47.2 Å². The average molecular weight is 303 g/mol. The van der Waals surface area contributed by atoms with E-state index in [0.29, 0.717) is 5.92 Å². The Bertz CT molecular complexity index is 769. The summed E-state index contributed by atoms with van der Waals surface area (Å²) in [5.74, 6) is 0.455. The maximum Gasteiger partial charge on any atom is 0.195 e. The number of nitrogens with zero attached hydrogens (tertiary/aromatic N) is 1. The first-order valence-electron chi connectivity index (χ1n) is 8.45. The number of hydrogen-bond donors (Lipinski definition) is 0. The number of hydrogen-bond acceptors (Lipinski definition) is 2. The smallest absolute Gasteiger partial charge is 0.195 e. The van der Waals surface area contributed by atoms with E-state index in [1.54, 1.807) is 0 Å². The molecule has 23 heavy (non-hydrogen) atoms. The lowest BCUT2D eigenvalue weighted by molar-refractivity contribution is 0.105. The van der Waals surface area contributed by atoms with E-state index in [1.807, 2.05) is 36.4 Å². The molecule has 4 rings (SSSR count). The molecule has 1 heterocycles. The third kappa shape index (κ3) is 2.29. The highest BCUT2D eigenvalue weighted by molar-refractivity contribution is 6.30. The minimum absolute atomic E-state index is 0.157. The number of benzene rings is 2. The van der Waals surface area contributed by atoms with Crippen LogP contribution in [0.25, 0.3) is 5.57 Å². The van der Waals surface area contributed by atoms with Gasteiger partial charge >= 0.3 is 0 Å². The van der Waals surface area contributed by atoms with E-state index in [9.17, 15) is 4.79 Å². The molecule has 2 aromatic rings. The molecule has 1 atom stereocenters. The van der Waals surface area contributed by atoms with Gasteiger partial charge in [0, 0.05) is 35.8 Å². The van der Waals surface area contributed by atoms with E-state index >= 15 is 0 Å². The number of carbonyl (C=O) groups excluding carboxylic acids is 1. The zero-order valence-electron chi connectivity index (χ0n) is 13.5. The standard InChI is InChI=1S/C21H21NO/c1-15-17-11-5-6-12-18(17)19(20(15)22-13-7-8-14-22)21(23)16-9-3-2-4-10-16/h2-6,9-12,15H,7-8,13-14H2,1H3. The molecule has 0 N–H and O–H groups in total. The highest BCUT2D eigenvalue weighted by Crippen LogP contribution is 2.45. The van der Waals surface area contributed by atoms with Gasteiger partial charge in [-0.05, 0) is 24.0 Å². The van der Waals surface area contributed by atoms with E-state index in [2.05, 4.69) is 30.0 Å². The van der Waals surface area contributed by atoms with E-state index < -0.39 is 0 Å². The number of carbonyl (C=O) groups is 1. The van der Waals surface area contributed by atoms with E-state index in [4.69, 9.17) is 0 Å². The number of likely N-dealkylation sites (tertiary alicyclic amines) is 1. The average Bonchev–Trinajstić information content (AvgIpc) is 3.22. The third-order valence-corrected chi connectivity index (χ3v) is 5.07. The fourth-order valence-corrected chi connectivity index (χ4v) is 3.97. The van der Waals surface area contributed by atoms with Gasteiger partial charge in [0.1, 0.15) is 0 Å². The van der Waals surface area contributed by atoms with Crippen molar-refractivity contribution in [1.82, 2.24) is 4.90 Å². The summed E-state index contributed by atoms with van der Waals surface area (Å²) in [5.41, 5.74) is 5.34. The molecule has 2 aromatic carbocycles. The Labute approximate surface area is 137 Å². The normalized spacial score (nSPS) is 20.0. The molecule has 0 amide bonds. The van der Waals surface area contributed by atoms with Crippen molar-refractivity contribution in [3.05, 3.63) is 77.0 Å². The van der Waals surface area contributed by atoms with Crippen LogP contribution in [0.5, 0.6) is 0 Å². The largest absolute Gasteiger partial charge is 0.374 e. The summed E-state index contributed by atoms with van der Waals surface area (Å²) >= 11 is 0. The Kier molecular flexibility index (Phi) is 3.53. The summed E-state index contributed by atoms with van der Waals surface area (Å²) in [7, 11) is 0. The molecule has 2 aliphatic rings. The van der Waals surface area contributed by atoms with Crippen molar-refractivity contribution in [3.8, 4) is 0 Å². The quantitative estimate of drug-likeness (QED) is 0.778. The fraction of sp³-hybridized carbons (Fsp3) is 0.286. The molecule has 1 aliphatic carbocycles. The van der Waals surface area contributed by atoms with Crippen molar-refractivity contribution in [2.24, 2.45) is 0 Å². The number of fused-ring (bicyclic) bond motifs is 1. The minimum Gasteiger partial charge on any atom is -0.374 e. The van der Waals surface area contributed by atoms with Crippen molar-refractivity contribution < 1.29 is 4.79 Å². The van der Waals surface area contributed by atoms with Gasteiger partial charge in [0.15, 0.2) is 5.78 Å². The molecule has 1 saturated heterocycles. The van der Waals surface area contributed by atoms with Crippen molar-refractivity contribution in [1.29, 1.82) is 0 Å². The van der Waals surface area contributed by atoms with Crippen LogP contribution < -0.4 is 0 Å². The molecule has 0 aromatic heterocycles. The predicted molar refractivity (Wildman–Crippen MR) is 93.4 cm³/mol. The van der Waals surface area contributed by atoms with Gasteiger partial charge in [0.2, 0.25) is 0 Å². The highest BCUT2D eigenvalue weighted by Gasteiger charge is 2.35. The molecule has 1 unspecified atom stereocenters. The lowest BCUT2D eigenvalue weighted by atomic mass is 9.97. The van der Waals surface area contributed by atoms with Crippen LogP contribution in [-0.4, -0.2) is 23.8 Å². The van der Waals surface area contributed by atoms with Gasteiger partial charge in [-0.25, -0.2) is 0 Å². The van der Waals surface area contributed by atoms with Crippen LogP contribution >= 0.6 is 0 Å². The first-order chi connectivity index (χ1) is 11.3. The number of allylic oxidation sites excluding steroid dienone is 2. The monoisotopic (exact) mass is 303 g/mol. The first kappa shape index (κ1) is 14.3. The molecule has 1 aliphatic heterocycles. The van der Waals surface area contributed by atoms with Gasteiger partial charge in [-0.3, -0.25) is 4.79 Å². The second-order valence-corrected chi connectivity index (χ2v) is 6.46. The second-order valence-electron chi connectivity index (χ2n) is 6.46. The van der Waals surface area contributed by atoms with Crippen molar-refractivity contribution in [2.45, 2.75) is 25.7 Å². The Morgan fingerprint density at radius 1 is 0.957 bits per heavy atom. The maximum absolute atomic E-state index is 13.2. The van der Waals surface area contributed by atoms with Gasteiger partial charge in [0.25, 0.3) is 0 Å².